The molecule has 0 spiro atoms. The molecule has 0 radical (unpaired) electrons. The summed E-state index contributed by atoms with van der Waals surface area (Å²) in [5.41, 5.74) is 0.286. The standard InChI is InChI=1S/C64H127N3O4/c1-6-10-14-18-22-26-35-43-53-65(54-44-36-27-23-19-15-11-7-2)62(68)48-40-32-30-34-42-50-64(52-59-71-61-60-70-5)51-58-67(64)57-47-39-31-33-41-49-63(69)66(55-45-37-28-24-20-16-12-8-3)56-46-38-29-25-21-17-13-9-4/h6-61H2,1-5H3. The lowest BCUT2D eigenvalue weighted by Crippen LogP contribution is -2.60. The van der Waals surface area contributed by atoms with Crippen molar-refractivity contribution in [3.05, 3.63) is 0 Å². The summed E-state index contributed by atoms with van der Waals surface area (Å²) in [7, 11) is 1.75. The lowest BCUT2D eigenvalue weighted by molar-refractivity contribution is -0.132. The van der Waals surface area contributed by atoms with Gasteiger partial charge < -0.3 is 19.3 Å². The summed E-state index contributed by atoms with van der Waals surface area (Å²) in [4.78, 5) is 34.4. The monoisotopic (exact) mass is 1000 g/mol. The van der Waals surface area contributed by atoms with Gasteiger partial charge in [0.05, 0.1) is 13.2 Å². The maximum absolute atomic E-state index is 13.5. The molecule has 1 aliphatic heterocycles. The van der Waals surface area contributed by atoms with Crippen molar-refractivity contribution in [1.29, 1.82) is 0 Å². The number of amides is 2. The van der Waals surface area contributed by atoms with Crippen LogP contribution in [0.1, 0.15) is 329 Å². The van der Waals surface area contributed by atoms with Gasteiger partial charge in [0.2, 0.25) is 11.8 Å². The molecule has 1 atom stereocenters. The fourth-order valence-electron chi connectivity index (χ4n) is 11.3. The fraction of sp³-hybridized carbons (Fsp3) is 0.969. The Balaban J connectivity index is 2.50. The normalized spacial score (nSPS) is 14.9. The zero-order valence-electron chi connectivity index (χ0n) is 49.1. The molecule has 1 saturated heterocycles. The predicted octanol–water partition coefficient (Wildman–Crippen LogP) is 18.8. The molecule has 2 amide bonds. The largest absolute Gasteiger partial charge is 0.382 e. The summed E-state index contributed by atoms with van der Waals surface area (Å²) in [6, 6.07) is 0. The van der Waals surface area contributed by atoms with E-state index < -0.39 is 0 Å². The minimum Gasteiger partial charge on any atom is -0.382 e. The molecule has 1 rings (SSSR count). The molecule has 0 aromatic carbocycles. The van der Waals surface area contributed by atoms with Crippen molar-refractivity contribution in [3.8, 4) is 0 Å². The van der Waals surface area contributed by atoms with E-state index in [9.17, 15) is 9.59 Å². The number of carbonyl (C=O) groups is 2. The average Bonchev–Trinajstić information content (AvgIpc) is 3.37. The summed E-state index contributed by atoms with van der Waals surface area (Å²) in [6.45, 7) is 17.6. The summed E-state index contributed by atoms with van der Waals surface area (Å²) in [5, 5.41) is 0. The molecule has 1 aliphatic rings. The Hall–Kier alpha value is -1.18. The van der Waals surface area contributed by atoms with Gasteiger partial charge in [0, 0.05) is 64.8 Å². The molecule has 0 bridgehead atoms. The minimum absolute atomic E-state index is 0.286. The van der Waals surface area contributed by atoms with E-state index in [4.69, 9.17) is 9.47 Å². The SMILES string of the molecule is CCCCCCCCCCN(CCCCCCCCCC)C(=O)CCCCCCCN1CCC1(CCCCCCCC(=O)N(CCCCCCCCCC)CCCCCCCCCC)CCOCCOC. The van der Waals surface area contributed by atoms with Gasteiger partial charge in [-0.15, -0.1) is 0 Å². The summed E-state index contributed by atoms with van der Waals surface area (Å²) in [6.07, 6.45) is 59.4. The fourth-order valence-corrected chi connectivity index (χ4v) is 11.3. The Morgan fingerprint density at radius 1 is 0.380 bits per heavy atom. The van der Waals surface area contributed by atoms with E-state index in [0.717, 1.165) is 64.9 Å². The molecule has 1 heterocycles. The number of hydrogen-bond acceptors (Lipinski definition) is 5. The van der Waals surface area contributed by atoms with Gasteiger partial charge in [0.15, 0.2) is 0 Å². The van der Waals surface area contributed by atoms with Gasteiger partial charge in [-0.3, -0.25) is 14.5 Å². The smallest absolute Gasteiger partial charge is 0.222 e. The zero-order valence-corrected chi connectivity index (χ0v) is 49.1. The van der Waals surface area contributed by atoms with Crippen molar-refractivity contribution in [2.24, 2.45) is 0 Å². The Morgan fingerprint density at radius 3 is 1.04 bits per heavy atom. The molecule has 71 heavy (non-hydrogen) atoms. The Kier molecular flexibility index (Phi) is 49.9. The molecule has 7 heteroatoms. The van der Waals surface area contributed by atoms with E-state index in [1.165, 1.54) is 283 Å². The van der Waals surface area contributed by atoms with Gasteiger partial charge in [-0.25, -0.2) is 0 Å². The number of ether oxygens (including phenoxy) is 2. The maximum Gasteiger partial charge on any atom is 0.222 e. The second kappa shape index (κ2) is 52.3. The molecule has 7 nitrogen and oxygen atoms in total. The van der Waals surface area contributed by atoms with Crippen molar-refractivity contribution in [3.63, 3.8) is 0 Å². The zero-order chi connectivity index (χ0) is 51.4. The number of nitrogens with zero attached hydrogens (tertiary/aromatic N) is 3. The molecule has 0 aliphatic carbocycles. The number of unbranched alkanes of at least 4 members (excludes halogenated alkanes) is 36. The van der Waals surface area contributed by atoms with Crippen LogP contribution in [0.2, 0.25) is 0 Å². The van der Waals surface area contributed by atoms with E-state index in [0.29, 0.717) is 25.0 Å². The lowest BCUT2D eigenvalue weighted by Gasteiger charge is -2.54. The van der Waals surface area contributed by atoms with Crippen LogP contribution in [0.5, 0.6) is 0 Å². The second-order valence-corrected chi connectivity index (χ2v) is 22.8. The molecule has 422 valence electrons. The highest BCUT2D eigenvalue weighted by atomic mass is 16.5. The van der Waals surface area contributed by atoms with Gasteiger partial charge in [0.25, 0.3) is 0 Å². The third-order valence-electron chi connectivity index (χ3n) is 16.3. The first kappa shape index (κ1) is 67.8. The Bertz CT molecular complexity index is 1080. The Labute approximate surface area is 445 Å². The van der Waals surface area contributed by atoms with Crippen LogP contribution in [0.15, 0.2) is 0 Å². The van der Waals surface area contributed by atoms with E-state index in [2.05, 4.69) is 42.4 Å². The number of hydrogen-bond donors (Lipinski definition) is 0. The van der Waals surface area contributed by atoms with Crippen LogP contribution in [-0.2, 0) is 19.1 Å². The third-order valence-corrected chi connectivity index (χ3v) is 16.3. The van der Waals surface area contributed by atoms with E-state index in [1.807, 2.05) is 0 Å². The van der Waals surface area contributed by atoms with Crippen LogP contribution in [0.25, 0.3) is 0 Å². The van der Waals surface area contributed by atoms with Gasteiger partial charge >= 0.3 is 0 Å². The highest BCUT2D eigenvalue weighted by Crippen LogP contribution is 2.39. The van der Waals surface area contributed by atoms with E-state index >= 15 is 0 Å². The van der Waals surface area contributed by atoms with Crippen LogP contribution >= 0.6 is 0 Å². The number of carbonyl (C=O) groups excluding carboxylic acids is 2. The number of rotatable bonds is 58. The van der Waals surface area contributed by atoms with Gasteiger partial charge in [0.1, 0.15) is 0 Å². The first-order valence-corrected chi connectivity index (χ1v) is 32.3. The number of likely N-dealkylation sites (tertiary alicyclic amines) is 1. The van der Waals surface area contributed by atoms with Crippen LogP contribution in [-0.4, -0.2) is 98.3 Å². The van der Waals surface area contributed by atoms with E-state index in [1.54, 1.807) is 7.11 Å². The number of methoxy groups -OCH3 is 1. The van der Waals surface area contributed by atoms with Gasteiger partial charge in [-0.05, 0) is 70.8 Å². The summed E-state index contributed by atoms with van der Waals surface area (Å²) < 4.78 is 11.3. The van der Waals surface area contributed by atoms with Crippen molar-refractivity contribution >= 4 is 11.8 Å². The van der Waals surface area contributed by atoms with Gasteiger partial charge in [-0.2, -0.15) is 0 Å². The third kappa shape index (κ3) is 39.8. The lowest BCUT2D eigenvalue weighted by atomic mass is 9.77. The summed E-state index contributed by atoms with van der Waals surface area (Å²) >= 11 is 0. The maximum atomic E-state index is 13.5. The molecule has 1 unspecified atom stereocenters. The quantitative estimate of drug-likeness (QED) is 0.0568. The van der Waals surface area contributed by atoms with Crippen molar-refractivity contribution in [2.45, 2.75) is 335 Å². The molecule has 0 saturated carbocycles. The molecular weight excluding hydrogens is 875 g/mol. The molecule has 1 fully saturated rings. The molecule has 0 aromatic rings. The van der Waals surface area contributed by atoms with Crippen molar-refractivity contribution in [1.82, 2.24) is 14.7 Å². The average molecular weight is 1000 g/mol. The first-order valence-electron chi connectivity index (χ1n) is 32.3. The van der Waals surface area contributed by atoms with Gasteiger partial charge in [-0.1, -0.05) is 252 Å². The highest BCUT2D eigenvalue weighted by Gasteiger charge is 2.43. The topological polar surface area (TPSA) is 62.3 Å². The second-order valence-electron chi connectivity index (χ2n) is 22.8. The molecule has 0 N–H and O–H groups in total. The van der Waals surface area contributed by atoms with E-state index in [-0.39, 0.29) is 5.54 Å². The van der Waals surface area contributed by atoms with Crippen LogP contribution in [0, 0.1) is 0 Å². The highest BCUT2D eigenvalue weighted by molar-refractivity contribution is 5.76. The van der Waals surface area contributed by atoms with Crippen LogP contribution < -0.4 is 0 Å². The van der Waals surface area contributed by atoms with Crippen LogP contribution in [0.4, 0.5) is 0 Å². The Morgan fingerprint density at radius 2 is 0.704 bits per heavy atom. The molecular formula is C64H127N3O4. The molecule has 0 aromatic heterocycles. The summed E-state index contributed by atoms with van der Waals surface area (Å²) in [5.74, 6) is 0.838. The first-order chi connectivity index (χ1) is 35.0. The van der Waals surface area contributed by atoms with Crippen LogP contribution in [0.3, 0.4) is 0 Å². The van der Waals surface area contributed by atoms with Crippen molar-refractivity contribution in [2.75, 3.05) is 66.2 Å². The predicted molar refractivity (Wildman–Crippen MR) is 310 cm³/mol. The van der Waals surface area contributed by atoms with Crippen molar-refractivity contribution < 1.29 is 19.1 Å². The minimum atomic E-state index is 0.286.